The van der Waals surface area contributed by atoms with Gasteiger partial charge in [0, 0.05) is 24.3 Å². The van der Waals surface area contributed by atoms with Crippen LogP contribution in [0.25, 0.3) is 0 Å². The van der Waals surface area contributed by atoms with Gasteiger partial charge in [-0.1, -0.05) is 6.07 Å². The Balaban J connectivity index is 1.59. The van der Waals surface area contributed by atoms with Crippen molar-refractivity contribution in [2.75, 3.05) is 38.1 Å². The molecule has 1 aliphatic heterocycles. The average molecular weight is 461 g/mol. The first-order valence-electron chi connectivity index (χ1n) is 9.97. The number of piperazine rings is 1. The molecule has 1 saturated heterocycles. The zero-order valence-electron chi connectivity index (χ0n) is 17.5. The normalized spacial score (nSPS) is 14.3. The standard InChI is InChI=1S/C21H24N4O6S/c1-2-31-17-8-6-16(7-9-17)24-19(26)13-23-21(28)15-4-3-5-18(12-15)32(29,30)25-11-10-22-20(27)14-25/h3-9,12H,2,10-11,13-14H2,1H3,(H,22,27)(H,23,28)(H,24,26). The van der Waals surface area contributed by atoms with E-state index in [9.17, 15) is 22.8 Å². The third kappa shape index (κ3) is 5.83. The number of anilines is 1. The van der Waals surface area contributed by atoms with Crippen LogP contribution in [0.2, 0.25) is 0 Å². The van der Waals surface area contributed by atoms with E-state index in [1.165, 1.54) is 24.3 Å². The van der Waals surface area contributed by atoms with Crippen LogP contribution < -0.4 is 20.7 Å². The Morgan fingerprint density at radius 1 is 1.16 bits per heavy atom. The Kier molecular flexibility index (Phi) is 7.44. The monoisotopic (exact) mass is 460 g/mol. The van der Waals surface area contributed by atoms with Crippen LogP contribution in [0.5, 0.6) is 5.75 Å². The molecule has 0 radical (unpaired) electrons. The number of rotatable bonds is 8. The molecule has 0 spiro atoms. The fourth-order valence-electron chi connectivity index (χ4n) is 3.04. The van der Waals surface area contributed by atoms with E-state index < -0.39 is 21.8 Å². The summed E-state index contributed by atoms with van der Waals surface area (Å²) in [6.45, 7) is 2.21. The lowest BCUT2D eigenvalue weighted by molar-refractivity contribution is -0.122. The number of carbonyl (C=O) groups excluding carboxylic acids is 3. The number of amides is 3. The molecule has 3 rings (SSSR count). The van der Waals surface area contributed by atoms with Crippen LogP contribution in [-0.2, 0) is 19.6 Å². The van der Waals surface area contributed by atoms with Crippen LogP contribution in [0.3, 0.4) is 0 Å². The lowest BCUT2D eigenvalue weighted by atomic mass is 10.2. The zero-order chi connectivity index (χ0) is 23.1. The highest BCUT2D eigenvalue weighted by Gasteiger charge is 2.29. The summed E-state index contributed by atoms with van der Waals surface area (Å²) in [6.07, 6.45) is 0. The average Bonchev–Trinajstić information content (AvgIpc) is 2.79. The van der Waals surface area contributed by atoms with Crippen molar-refractivity contribution in [1.29, 1.82) is 0 Å². The van der Waals surface area contributed by atoms with Crippen LogP contribution in [0, 0.1) is 0 Å². The summed E-state index contributed by atoms with van der Waals surface area (Å²) < 4.78 is 32.0. The number of nitrogens with zero attached hydrogens (tertiary/aromatic N) is 1. The van der Waals surface area contributed by atoms with Crippen LogP contribution in [0.15, 0.2) is 53.4 Å². The van der Waals surface area contributed by atoms with Crippen molar-refractivity contribution in [3.63, 3.8) is 0 Å². The van der Waals surface area contributed by atoms with Gasteiger partial charge in [-0.05, 0) is 49.4 Å². The lowest BCUT2D eigenvalue weighted by Gasteiger charge is -2.26. The lowest BCUT2D eigenvalue weighted by Crippen LogP contribution is -2.49. The number of sulfonamides is 1. The van der Waals surface area contributed by atoms with Crippen molar-refractivity contribution in [1.82, 2.24) is 14.9 Å². The SMILES string of the molecule is CCOc1ccc(NC(=O)CNC(=O)c2cccc(S(=O)(=O)N3CCNC(=O)C3)c2)cc1. The van der Waals surface area contributed by atoms with Crippen LogP contribution in [0.4, 0.5) is 5.69 Å². The summed E-state index contributed by atoms with van der Waals surface area (Å²) in [5, 5.41) is 7.68. The van der Waals surface area contributed by atoms with Gasteiger partial charge in [-0.3, -0.25) is 14.4 Å². The van der Waals surface area contributed by atoms with Crippen molar-refractivity contribution in [3.05, 3.63) is 54.1 Å². The van der Waals surface area contributed by atoms with E-state index in [0.717, 1.165) is 4.31 Å². The number of carbonyl (C=O) groups is 3. The maximum Gasteiger partial charge on any atom is 0.251 e. The Morgan fingerprint density at radius 2 is 1.91 bits per heavy atom. The van der Waals surface area contributed by atoms with Crippen LogP contribution in [0.1, 0.15) is 17.3 Å². The van der Waals surface area contributed by atoms with E-state index >= 15 is 0 Å². The van der Waals surface area contributed by atoms with Gasteiger partial charge >= 0.3 is 0 Å². The summed E-state index contributed by atoms with van der Waals surface area (Å²) in [4.78, 5) is 36.0. The van der Waals surface area contributed by atoms with Crippen molar-refractivity contribution in [3.8, 4) is 5.75 Å². The molecule has 0 aromatic heterocycles. The van der Waals surface area contributed by atoms with Gasteiger partial charge in [-0.25, -0.2) is 8.42 Å². The predicted octanol–water partition coefficient (Wildman–Crippen LogP) is 0.574. The van der Waals surface area contributed by atoms with Crippen molar-refractivity contribution in [2.24, 2.45) is 0 Å². The molecule has 3 amide bonds. The molecule has 1 aliphatic rings. The predicted molar refractivity (Wildman–Crippen MR) is 117 cm³/mol. The number of nitrogens with one attached hydrogen (secondary N) is 3. The summed E-state index contributed by atoms with van der Waals surface area (Å²) in [6, 6.07) is 12.3. The molecule has 0 unspecified atom stereocenters. The summed E-state index contributed by atoms with van der Waals surface area (Å²) >= 11 is 0. The second-order valence-electron chi connectivity index (χ2n) is 6.90. The van der Waals surface area contributed by atoms with E-state index in [2.05, 4.69) is 16.0 Å². The van der Waals surface area contributed by atoms with Gasteiger partial charge < -0.3 is 20.7 Å². The molecule has 1 fully saturated rings. The van der Waals surface area contributed by atoms with Crippen LogP contribution in [-0.4, -0.2) is 63.2 Å². The van der Waals surface area contributed by atoms with E-state index in [-0.39, 0.29) is 42.5 Å². The molecule has 0 saturated carbocycles. The smallest absolute Gasteiger partial charge is 0.251 e. The van der Waals surface area contributed by atoms with Crippen molar-refractivity contribution >= 4 is 33.4 Å². The minimum Gasteiger partial charge on any atom is -0.494 e. The Labute approximate surface area is 186 Å². The van der Waals surface area contributed by atoms with Gasteiger partial charge in [-0.15, -0.1) is 0 Å². The second-order valence-corrected chi connectivity index (χ2v) is 8.84. The van der Waals surface area contributed by atoms with E-state index in [4.69, 9.17) is 4.74 Å². The molecular formula is C21H24N4O6S. The number of benzene rings is 2. The van der Waals surface area contributed by atoms with Gasteiger partial charge in [0.15, 0.2) is 0 Å². The van der Waals surface area contributed by atoms with Gasteiger partial charge in [0.2, 0.25) is 21.8 Å². The maximum atomic E-state index is 12.8. The molecule has 11 heteroatoms. The minimum absolute atomic E-state index is 0.0846. The zero-order valence-corrected chi connectivity index (χ0v) is 18.3. The Morgan fingerprint density at radius 3 is 2.59 bits per heavy atom. The van der Waals surface area contributed by atoms with E-state index in [1.54, 1.807) is 24.3 Å². The largest absolute Gasteiger partial charge is 0.494 e. The highest BCUT2D eigenvalue weighted by molar-refractivity contribution is 7.89. The maximum absolute atomic E-state index is 12.8. The second kappa shape index (κ2) is 10.2. The number of hydrogen-bond donors (Lipinski definition) is 3. The molecule has 32 heavy (non-hydrogen) atoms. The molecule has 2 aromatic carbocycles. The summed E-state index contributed by atoms with van der Waals surface area (Å²) in [5.74, 6) is -0.739. The van der Waals surface area contributed by atoms with Crippen molar-refractivity contribution < 1.29 is 27.5 Å². The van der Waals surface area contributed by atoms with Gasteiger partial charge in [0.05, 0.1) is 24.6 Å². The first-order chi connectivity index (χ1) is 15.3. The van der Waals surface area contributed by atoms with E-state index in [1.807, 2.05) is 6.92 Å². The molecular weight excluding hydrogens is 436 g/mol. The fraction of sp³-hybridized carbons (Fsp3) is 0.286. The van der Waals surface area contributed by atoms with Gasteiger partial charge in [0.25, 0.3) is 5.91 Å². The highest BCUT2D eigenvalue weighted by Crippen LogP contribution is 2.18. The minimum atomic E-state index is -3.93. The summed E-state index contributed by atoms with van der Waals surface area (Å²) in [5.41, 5.74) is 0.632. The molecule has 0 atom stereocenters. The third-order valence-electron chi connectivity index (χ3n) is 4.60. The molecule has 10 nitrogen and oxygen atoms in total. The molecule has 2 aromatic rings. The number of hydrogen-bond acceptors (Lipinski definition) is 6. The topological polar surface area (TPSA) is 134 Å². The van der Waals surface area contributed by atoms with Crippen molar-refractivity contribution in [2.45, 2.75) is 11.8 Å². The Bertz CT molecular complexity index is 1100. The molecule has 170 valence electrons. The third-order valence-corrected chi connectivity index (χ3v) is 6.44. The van der Waals surface area contributed by atoms with Crippen LogP contribution >= 0.6 is 0 Å². The van der Waals surface area contributed by atoms with Gasteiger partial charge in [-0.2, -0.15) is 4.31 Å². The van der Waals surface area contributed by atoms with Gasteiger partial charge in [0.1, 0.15) is 5.75 Å². The molecule has 0 aliphatic carbocycles. The number of ether oxygens (including phenoxy) is 1. The first kappa shape index (κ1) is 23.2. The first-order valence-corrected chi connectivity index (χ1v) is 11.4. The highest BCUT2D eigenvalue weighted by atomic mass is 32.2. The van der Waals surface area contributed by atoms with E-state index in [0.29, 0.717) is 18.0 Å². The quantitative estimate of drug-likeness (QED) is 0.528. The molecule has 3 N–H and O–H groups in total. The fourth-order valence-corrected chi connectivity index (χ4v) is 4.48. The summed E-state index contributed by atoms with van der Waals surface area (Å²) in [7, 11) is -3.93. The molecule has 0 bridgehead atoms. The molecule has 1 heterocycles. The Hall–Kier alpha value is -3.44.